The molecule has 3 unspecified atom stereocenters. The standard InChI is InChI=1S/C24H32F3N5O4/c1-13-9-14(6-7-17(13)20(33)29-2)22(35)32-12-15-10-16(32)11-19(15)31-21(34)18(28)5-3-4-8-30-23(36)24(25,26)27/h6-7,9,15-16,18-19H,3-5,8,10-12,28H2,1-2H3,(H,29,33)(H,30,36)(H,31,34)/t15?,16?,18-,19?/m0/s1. The first kappa shape index (κ1) is 27.4. The molecule has 1 saturated heterocycles. The molecule has 0 aromatic heterocycles. The van der Waals surface area contributed by atoms with Gasteiger partial charge in [0.15, 0.2) is 0 Å². The number of aryl methyl sites for hydroxylation is 1. The zero-order chi connectivity index (χ0) is 26.6. The van der Waals surface area contributed by atoms with E-state index in [0.717, 1.165) is 6.42 Å². The third-order valence-electron chi connectivity index (χ3n) is 6.90. The van der Waals surface area contributed by atoms with Gasteiger partial charge in [-0.3, -0.25) is 19.2 Å². The first-order valence-electron chi connectivity index (χ1n) is 12.0. The lowest BCUT2D eigenvalue weighted by atomic mass is 10.00. The summed E-state index contributed by atoms with van der Waals surface area (Å²) < 4.78 is 36.5. The Kier molecular flexibility index (Phi) is 8.59. The van der Waals surface area contributed by atoms with Crippen molar-refractivity contribution in [1.29, 1.82) is 0 Å². The number of hydrogen-bond donors (Lipinski definition) is 4. The molecular weight excluding hydrogens is 479 g/mol. The lowest BCUT2D eigenvalue weighted by Crippen LogP contribution is -2.51. The van der Waals surface area contributed by atoms with Gasteiger partial charge in [-0.15, -0.1) is 0 Å². The maximum atomic E-state index is 13.1. The molecule has 1 aliphatic carbocycles. The molecule has 4 atom stereocenters. The van der Waals surface area contributed by atoms with Crippen molar-refractivity contribution in [2.45, 2.75) is 63.3 Å². The minimum Gasteiger partial charge on any atom is -0.355 e. The van der Waals surface area contributed by atoms with E-state index < -0.39 is 18.1 Å². The minimum absolute atomic E-state index is 0.000177. The van der Waals surface area contributed by atoms with Gasteiger partial charge >= 0.3 is 12.1 Å². The number of unbranched alkanes of at least 4 members (excludes halogenated alkanes) is 1. The number of alkyl halides is 3. The normalized spacial score (nSPS) is 21.7. The Bertz CT molecular complexity index is 1020. The molecule has 36 heavy (non-hydrogen) atoms. The lowest BCUT2D eigenvalue weighted by molar-refractivity contribution is -0.173. The summed E-state index contributed by atoms with van der Waals surface area (Å²) in [6.07, 6.45) is -2.56. The number of amides is 4. The second-order valence-corrected chi connectivity index (χ2v) is 9.42. The second kappa shape index (κ2) is 11.3. The molecule has 1 aromatic rings. The second-order valence-electron chi connectivity index (χ2n) is 9.42. The van der Waals surface area contributed by atoms with Gasteiger partial charge in [0.1, 0.15) is 0 Å². The molecule has 0 radical (unpaired) electrons. The van der Waals surface area contributed by atoms with Crippen molar-refractivity contribution in [3.05, 3.63) is 34.9 Å². The van der Waals surface area contributed by atoms with Crippen molar-refractivity contribution in [3.8, 4) is 0 Å². The Morgan fingerprint density at radius 3 is 2.47 bits per heavy atom. The van der Waals surface area contributed by atoms with E-state index >= 15 is 0 Å². The topological polar surface area (TPSA) is 134 Å². The van der Waals surface area contributed by atoms with Crippen molar-refractivity contribution in [1.82, 2.24) is 20.9 Å². The number of carbonyl (C=O) groups is 4. The van der Waals surface area contributed by atoms with Crippen LogP contribution in [0.2, 0.25) is 0 Å². The molecule has 3 rings (SSSR count). The number of likely N-dealkylation sites (tertiary alicyclic amines) is 1. The van der Waals surface area contributed by atoms with Crippen LogP contribution in [0.1, 0.15) is 58.4 Å². The van der Waals surface area contributed by atoms with E-state index in [1.54, 1.807) is 37.5 Å². The number of nitrogens with two attached hydrogens (primary N) is 1. The number of carbonyl (C=O) groups excluding carboxylic acids is 4. The number of halogens is 3. The van der Waals surface area contributed by atoms with Crippen molar-refractivity contribution in [2.24, 2.45) is 11.7 Å². The number of nitrogens with zero attached hydrogens (tertiary/aromatic N) is 1. The number of nitrogens with one attached hydrogen (secondary N) is 3. The van der Waals surface area contributed by atoms with E-state index in [1.165, 1.54) is 0 Å². The summed E-state index contributed by atoms with van der Waals surface area (Å²) >= 11 is 0. The van der Waals surface area contributed by atoms with E-state index in [2.05, 4.69) is 10.6 Å². The molecule has 1 saturated carbocycles. The quantitative estimate of drug-likeness (QED) is 0.371. The van der Waals surface area contributed by atoms with Crippen LogP contribution in [-0.4, -0.2) is 73.0 Å². The summed E-state index contributed by atoms with van der Waals surface area (Å²) in [6, 6.07) is 4.11. The summed E-state index contributed by atoms with van der Waals surface area (Å²) in [4.78, 5) is 50.1. The highest BCUT2D eigenvalue weighted by atomic mass is 19.4. The highest BCUT2D eigenvalue weighted by Gasteiger charge is 2.47. The number of benzene rings is 1. The van der Waals surface area contributed by atoms with Gasteiger partial charge in [0.2, 0.25) is 5.91 Å². The third kappa shape index (κ3) is 6.34. The molecule has 0 spiro atoms. The molecule has 1 aliphatic heterocycles. The van der Waals surface area contributed by atoms with Crippen molar-refractivity contribution < 1.29 is 32.3 Å². The maximum Gasteiger partial charge on any atom is 0.471 e. The monoisotopic (exact) mass is 511 g/mol. The van der Waals surface area contributed by atoms with Gasteiger partial charge in [0.05, 0.1) is 6.04 Å². The van der Waals surface area contributed by atoms with Crippen molar-refractivity contribution in [2.75, 3.05) is 20.1 Å². The molecule has 1 aromatic carbocycles. The van der Waals surface area contributed by atoms with E-state index in [-0.39, 0.29) is 55.1 Å². The third-order valence-corrected chi connectivity index (χ3v) is 6.90. The predicted octanol–water partition coefficient (Wildman–Crippen LogP) is 1.25. The average Bonchev–Trinajstić information content (AvgIpc) is 3.42. The fraction of sp³-hybridized carbons (Fsp3) is 0.583. The van der Waals surface area contributed by atoms with Crippen LogP contribution in [0, 0.1) is 12.8 Å². The SMILES string of the molecule is CNC(=O)c1ccc(C(=O)N2CC3CC2CC3NC(=O)[C@@H](N)CCCCNC(=O)C(F)(F)F)cc1C. The van der Waals surface area contributed by atoms with Gasteiger partial charge < -0.3 is 26.6 Å². The van der Waals surface area contributed by atoms with Crippen LogP contribution in [0.15, 0.2) is 18.2 Å². The Labute approximate surface area is 207 Å². The number of piperidine rings is 1. The first-order chi connectivity index (χ1) is 16.9. The summed E-state index contributed by atoms with van der Waals surface area (Å²) in [6.45, 7) is 2.15. The summed E-state index contributed by atoms with van der Waals surface area (Å²) in [5.74, 6) is -2.52. The zero-order valence-electron chi connectivity index (χ0n) is 20.3. The van der Waals surface area contributed by atoms with Gasteiger partial charge in [-0.1, -0.05) is 0 Å². The highest BCUT2D eigenvalue weighted by molar-refractivity contribution is 5.99. The van der Waals surface area contributed by atoms with Crippen LogP contribution < -0.4 is 21.7 Å². The van der Waals surface area contributed by atoms with Crippen molar-refractivity contribution in [3.63, 3.8) is 0 Å². The van der Waals surface area contributed by atoms with Gasteiger partial charge in [-0.2, -0.15) is 13.2 Å². The molecule has 2 aliphatic rings. The van der Waals surface area contributed by atoms with Crippen LogP contribution >= 0.6 is 0 Å². The smallest absolute Gasteiger partial charge is 0.355 e. The Hall–Kier alpha value is -3.15. The average molecular weight is 512 g/mol. The van der Waals surface area contributed by atoms with Crippen molar-refractivity contribution >= 4 is 23.6 Å². The molecule has 12 heteroatoms. The first-order valence-corrected chi connectivity index (χ1v) is 12.0. The number of rotatable bonds is 9. The predicted molar refractivity (Wildman–Crippen MR) is 125 cm³/mol. The summed E-state index contributed by atoms with van der Waals surface area (Å²) in [5.41, 5.74) is 7.69. The number of hydrogen-bond acceptors (Lipinski definition) is 5. The van der Waals surface area contributed by atoms with Gasteiger partial charge in [0, 0.05) is 43.3 Å². The molecule has 198 valence electrons. The van der Waals surface area contributed by atoms with E-state index in [0.29, 0.717) is 36.1 Å². The molecule has 9 nitrogen and oxygen atoms in total. The molecule has 1 heterocycles. The largest absolute Gasteiger partial charge is 0.471 e. The Morgan fingerprint density at radius 1 is 1.17 bits per heavy atom. The fourth-order valence-electron chi connectivity index (χ4n) is 4.94. The summed E-state index contributed by atoms with van der Waals surface area (Å²) in [7, 11) is 1.55. The van der Waals surface area contributed by atoms with Crippen LogP contribution in [0.4, 0.5) is 13.2 Å². The maximum absolute atomic E-state index is 13.1. The molecule has 2 fully saturated rings. The van der Waals surface area contributed by atoms with Gasteiger partial charge in [-0.25, -0.2) is 0 Å². The van der Waals surface area contributed by atoms with E-state index in [9.17, 15) is 32.3 Å². The van der Waals surface area contributed by atoms with Gasteiger partial charge in [-0.05, 0) is 68.7 Å². The summed E-state index contributed by atoms with van der Waals surface area (Å²) in [5, 5.41) is 7.32. The highest BCUT2D eigenvalue weighted by Crippen LogP contribution is 2.38. The van der Waals surface area contributed by atoms with E-state index in [4.69, 9.17) is 5.73 Å². The fourth-order valence-corrected chi connectivity index (χ4v) is 4.94. The van der Waals surface area contributed by atoms with E-state index in [1.807, 2.05) is 4.90 Å². The zero-order valence-corrected chi connectivity index (χ0v) is 20.3. The minimum atomic E-state index is -4.91. The lowest BCUT2D eigenvalue weighted by Gasteiger charge is -2.32. The van der Waals surface area contributed by atoms with Crippen LogP contribution in [0.3, 0.4) is 0 Å². The van der Waals surface area contributed by atoms with Crippen LogP contribution in [0.5, 0.6) is 0 Å². The Morgan fingerprint density at radius 2 is 1.89 bits per heavy atom. The van der Waals surface area contributed by atoms with Crippen LogP contribution in [0.25, 0.3) is 0 Å². The molecule has 5 N–H and O–H groups in total. The van der Waals surface area contributed by atoms with Gasteiger partial charge in [0.25, 0.3) is 11.8 Å². The Balaban J connectivity index is 1.43. The molecule has 2 bridgehead atoms. The molecular formula is C24H32F3N5O4. The number of fused-ring (bicyclic) bond motifs is 2. The molecule has 4 amide bonds. The van der Waals surface area contributed by atoms with Crippen LogP contribution in [-0.2, 0) is 9.59 Å².